The van der Waals surface area contributed by atoms with E-state index in [0.29, 0.717) is 5.13 Å². The summed E-state index contributed by atoms with van der Waals surface area (Å²) in [6.45, 7) is 1.96. The van der Waals surface area contributed by atoms with Crippen molar-refractivity contribution in [3.63, 3.8) is 0 Å². The molecule has 1 unspecified atom stereocenters. The number of hydrogen-bond donors (Lipinski definition) is 1. The molecule has 2 aromatic heterocycles. The lowest BCUT2D eigenvalue weighted by atomic mass is 10.3. The van der Waals surface area contributed by atoms with Crippen LogP contribution in [0.3, 0.4) is 0 Å². The summed E-state index contributed by atoms with van der Waals surface area (Å²) < 4.78 is 0. The van der Waals surface area contributed by atoms with Crippen molar-refractivity contribution in [1.29, 1.82) is 0 Å². The van der Waals surface area contributed by atoms with Crippen LogP contribution in [0.25, 0.3) is 10.6 Å². The van der Waals surface area contributed by atoms with Crippen LogP contribution in [0.4, 0.5) is 5.13 Å². The fraction of sp³-hybridized carbons (Fsp3) is 0.273. The van der Waals surface area contributed by atoms with E-state index in [0.717, 1.165) is 17.0 Å². The van der Waals surface area contributed by atoms with Crippen LogP contribution in [-0.2, 0) is 4.79 Å². The maximum Gasteiger partial charge on any atom is 0.239 e. The molecule has 0 saturated carbocycles. The van der Waals surface area contributed by atoms with Gasteiger partial charge in [-0.25, -0.2) is 4.98 Å². The lowest BCUT2D eigenvalue weighted by molar-refractivity contribution is -0.115. The molecular formula is C11H11BrN2OS2. The summed E-state index contributed by atoms with van der Waals surface area (Å²) in [6, 6.07) is 4.01. The summed E-state index contributed by atoms with van der Waals surface area (Å²) >= 11 is 6.40. The molecule has 0 spiro atoms. The van der Waals surface area contributed by atoms with E-state index in [2.05, 4.69) is 26.2 Å². The zero-order valence-electron chi connectivity index (χ0n) is 9.14. The molecule has 0 aromatic carbocycles. The number of alkyl halides is 1. The standard InChI is InChI=1S/C11H11BrN2OS2/c1-2-7(12)10(15)14-11-13-8(6-17-11)9-4-3-5-16-9/h3-7H,2H2,1H3,(H,13,14,15). The van der Waals surface area contributed by atoms with Crippen LogP contribution < -0.4 is 5.32 Å². The Bertz CT molecular complexity index is 495. The summed E-state index contributed by atoms with van der Waals surface area (Å²) in [4.78, 5) is 17.0. The minimum Gasteiger partial charge on any atom is -0.301 e. The maximum absolute atomic E-state index is 11.7. The minimum atomic E-state index is -0.156. The topological polar surface area (TPSA) is 42.0 Å². The molecule has 0 aliphatic rings. The molecule has 1 N–H and O–H groups in total. The highest BCUT2D eigenvalue weighted by molar-refractivity contribution is 9.10. The first-order valence-electron chi connectivity index (χ1n) is 5.15. The van der Waals surface area contributed by atoms with Crippen molar-refractivity contribution >= 4 is 49.6 Å². The Morgan fingerprint density at radius 1 is 1.59 bits per heavy atom. The molecule has 2 aromatic rings. The van der Waals surface area contributed by atoms with Gasteiger partial charge in [-0.15, -0.1) is 22.7 Å². The minimum absolute atomic E-state index is 0.0421. The first-order valence-corrected chi connectivity index (χ1v) is 7.82. The van der Waals surface area contributed by atoms with Gasteiger partial charge in [0.25, 0.3) is 0 Å². The number of carbonyl (C=O) groups is 1. The van der Waals surface area contributed by atoms with E-state index >= 15 is 0 Å². The van der Waals surface area contributed by atoms with Crippen molar-refractivity contribution in [3.05, 3.63) is 22.9 Å². The summed E-state index contributed by atoms with van der Waals surface area (Å²) in [7, 11) is 0. The highest BCUT2D eigenvalue weighted by Gasteiger charge is 2.14. The van der Waals surface area contributed by atoms with Gasteiger partial charge in [0.2, 0.25) is 5.91 Å². The highest BCUT2D eigenvalue weighted by atomic mass is 79.9. The number of hydrogen-bond acceptors (Lipinski definition) is 4. The molecule has 3 nitrogen and oxygen atoms in total. The van der Waals surface area contributed by atoms with Crippen LogP contribution in [0.15, 0.2) is 22.9 Å². The third kappa shape index (κ3) is 3.14. The number of rotatable bonds is 4. The Morgan fingerprint density at radius 2 is 2.41 bits per heavy atom. The number of halogens is 1. The van der Waals surface area contributed by atoms with Crippen LogP contribution in [-0.4, -0.2) is 15.7 Å². The Hall–Kier alpha value is -0.720. The predicted octanol–water partition coefficient (Wildman–Crippen LogP) is 3.98. The van der Waals surface area contributed by atoms with Gasteiger partial charge in [-0.1, -0.05) is 28.9 Å². The average Bonchev–Trinajstić information content (AvgIpc) is 2.97. The quantitative estimate of drug-likeness (QED) is 0.861. The Morgan fingerprint density at radius 3 is 3.06 bits per heavy atom. The van der Waals surface area contributed by atoms with Gasteiger partial charge in [-0.3, -0.25) is 4.79 Å². The number of carbonyl (C=O) groups excluding carboxylic acids is 1. The van der Waals surface area contributed by atoms with E-state index in [1.807, 2.05) is 29.8 Å². The second kappa shape index (κ2) is 5.75. The van der Waals surface area contributed by atoms with E-state index in [1.54, 1.807) is 11.3 Å². The summed E-state index contributed by atoms with van der Waals surface area (Å²) in [5.41, 5.74) is 0.919. The molecule has 0 radical (unpaired) electrons. The molecule has 17 heavy (non-hydrogen) atoms. The van der Waals surface area contributed by atoms with E-state index in [-0.39, 0.29) is 10.7 Å². The van der Waals surface area contributed by atoms with Gasteiger partial charge in [0, 0.05) is 5.38 Å². The van der Waals surface area contributed by atoms with Gasteiger partial charge in [-0.2, -0.15) is 0 Å². The van der Waals surface area contributed by atoms with Crippen molar-refractivity contribution in [3.8, 4) is 10.6 Å². The number of aromatic nitrogens is 1. The summed E-state index contributed by atoms with van der Waals surface area (Å²) in [6.07, 6.45) is 0.759. The number of nitrogens with zero attached hydrogens (tertiary/aromatic N) is 1. The number of thiophene rings is 1. The molecule has 0 saturated heterocycles. The highest BCUT2D eigenvalue weighted by Crippen LogP contribution is 2.28. The second-order valence-corrected chi connectivity index (χ2v) is 6.29. The molecule has 6 heteroatoms. The van der Waals surface area contributed by atoms with Crippen LogP contribution in [0.5, 0.6) is 0 Å². The second-order valence-electron chi connectivity index (χ2n) is 3.38. The zero-order valence-corrected chi connectivity index (χ0v) is 12.4. The molecule has 0 bridgehead atoms. The van der Waals surface area contributed by atoms with E-state index in [9.17, 15) is 4.79 Å². The normalized spacial score (nSPS) is 12.4. The van der Waals surface area contributed by atoms with Gasteiger partial charge >= 0.3 is 0 Å². The first-order chi connectivity index (χ1) is 8.20. The smallest absolute Gasteiger partial charge is 0.239 e. The van der Waals surface area contributed by atoms with Crippen LogP contribution in [0.1, 0.15) is 13.3 Å². The predicted molar refractivity (Wildman–Crippen MR) is 77.1 cm³/mol. The van der Waals surface area contributed by atoms with E-state index < -0.39 is 0 Å². The Labute approximate surface area is 116 Å². The van der Waals surface area contributed by atoms with Crippen molar-refractivity contribution in [2.24, 2.45) is 0 Å². The molecule has 1 atom stereocenters. The molecule has 0 fully saturated rings. The molecule has 0 aliphatic heterocycles. The van der Waals surface area contributed by atoms with Gasteiger partial charge in [0.1, 0.15) is 0 Å². The number of anilines is 1. The number of nitrogens with one attached hydrogen (secondary N) is 1. The van der Waals surface area contributed by atoms with Crippen molar-refractivity contribution in [1.82, 2.24) is 4.98 Å². The fourth-order valence-electron chi connectivity index (χ4n) is 1.24. The zero-order chi connectivity index (χ0) is 12.3. The molecule has 90 valence electrons. The largest absolute Gasteiger partial charge is 0.301 e. The first kappa shape index (κ1) is 12.7. The van der Waals surface area contributed by atoms with Crippen molar-refractivity contribution < 1.29 is 4.79 Å². The van der Waals surface area contributed by atoms with E-state index in [4.69, 9.17) is 0 Å². The molecule has 1 amide bonds. The lowest BCUT2D eigenvalue weighted by Crippen LogP contribution is -2.21. The number of amides is 1. The van der Waals surface area contributed by atoms with Crippen LogP contribution in [0.2, 0.25) is 0 Å². The van der Waals surface area contributed by atoms with Gasteiger partial charge in [0.05, 0.1) is 15.4 Å². The maximum atomic E-state index is 11.7. The monoisotopic (exact) mass is 330 g/mol. The van der Waals surface area contributed by atoms with E-state index in [1.165, 1.54) is 11.3 Å². The third-order valence-electron chi connectivity index (χ3n) is 2.15. The van der Waals surface area contributed by atoms with Gasteiger partial charge in [0.15, 0.2) is 5.13 Å². The summed E-state index contributed by atoms with van der Waals surface area (Å²) in [5.74, 6) is -0.0421. The molecule has 2 rings (SSSR count). The molecule has 2 heterocycles. The molecule has 0 aliphatic carbocycles. The lowest BCUT2D eigenvalue weighted by Gasteiger charge is -2.05. The molecular weight excluding hydrogens is 320 g/mol. The Balaban J connectivity index is 2.07. The van der Waals surface area contributed by atoms with Gasteiger partial charge in [-0.05, 0) is 17.9 Å². The fourth-order valence-corrected chi connectivity index (χ4v) is 2.83. The van der Waals surface area contributed by atoms with Crippen LogP contribution in [0, 0.1) is 0 Å². The average molecular weight is 331 g/mol. The SMILES string of the molecule is CCC(Br)C(=O)Nc1nc(-c2cccs2)cs1. The van der Waals surface area contributed by atoms with Crippen molar-refractivity contribution in [2.45, 2.75) is 18.2 Å². The van der Waals surface area contributed by atoms with Crippen LogP contribution >= 0.6 is 38.6 Å². The number of thiazole rings is 1. The Kier molecular flexibility index (Phi) is 4.31. The summed E-state index contributed by atoms with van der Waals surface area (Å²) in [5, 5.41) is 7.42. The third-order valence-corrected chi connectivity index (χ3v) is 4.86. The van der Waals surface area contributed by atoms with Crippen molar-refractivity contribution in [2.75, 3.05) is 5.32 Å². The van der Waals surface area contributed by atoms with Gasteiger partial charge < -0.3 is 5.32 Å².